The van der Waals surface area contributed by atoms with E-state index in [1.54, 1.807) is 12.1 Å². The number of hydrogen-bond donors (Lipinski definition) is 1. The highest BCUT2D eigenvalue weighted by Gasteiger charge is 2.14. The van der Waals surface area contributed by atoms with Crippen molar-refractivity contribution in [3.8, 4) is 11.5 Å². The second-order valence-electron chi connectivity index (χ2n) is 4.35. The third kappa shape index (κ3) is 2.48. The molecule has 2 aromatic carbocycles. The molecule has 1 heterocycles. The van der Waals surface area contributed by atoms with E-state index >= 15 is 0 Å². The summed E-state index contributed by atoms with van der Waals surface area (Å²) in [5, 5.41) is 0.461. The zero-order valence-corrected chi connectivity index (χ0v) is 11.4. The van der Waals surface area contributed by atoms with E-state index in [-0.39, 0.29) is 27.7 Å². The van der Waals surface area contributed by atoms with E-state index in [0.717, 1.165) is 12.1 Å². The average molecular weight is 307 g/mol. The van der Waals surface area contributed by atoms with E-state index < -0.39 is 11.6 Å². The lowest BCUT2D eigenvalue weighted by Crippen LogP contribution is -1.96. The summed E-state index contributed by atoms with van der Waals surface area (Å²) in [6, 6.07) is 8.32. The van der Waals surface area contributed by atoms with Gasteiger partial charge in [0.25, 0.3) is 0 Å². The van der Waals surface area contributed by atoms with Gasteiger partial charge in [-0.3, -0.25) is 4.98 Å². The van der Waals surface area contributed by atoms with Crippen molar-refractivity contribution in [3.05, 3.63) is 59.3 Å². The first-order valence-corrected chi connectivity index (χ1v) is 6.39. The summed E-state index contributed by atoms with van der Waals surface area (Å²) < 4.78 is 32.7. The molecule has 0 amide bonds. The molecule has 1 aromatic heterocycles. The number of aromatic nitrogens is 1. The number of anilines is 1. The fourth-order valence-electron chi connectivity index (χ4n) is 1.97. The lowest BCUT2D eigenvalue weighted by atomic mass is 10.1. The van der Waals surface area contributed by atoms with E-state index in [4.69, 9.17) is 22.1 Å². The van der Waals surface area contributed by atoms with Gasteiger partial charge in [-0.15, -0.1) is 0 Å². The number of ether oxygens (including phenoxy) is 1. The first kappa shape index (κ1) is 13.6. The Labute approximate surface area is 123 Å². The molecular formula is C15H9ClF2N2O. The topological polar surface area (TPSA) is 48.1 Å². The summed E-state index contributed by atoms with van der Waals surface area (Å²) in [5.41, 5.74) is 6.31. The Hall–Kier alpha value is -2.40. The smallest absolute Gasteiger partial charge is 0.189 e. The molecule has 6 heteroatoms. The molecule has 21 heavy (non-hydrogen) atoms. The van der Waals surface area contributed by atoms with Crippen molar-refractivity contribution < 1.29 is 13.5 Å². The summed E-state index contributed by atoms with van der Waals surface area (Å²) in [5.74, 6) is -1.11. The van der Waals surface area contributed by atoms with Crippen LogP contribution >= 0.6 is 11.6 Å². The van der Waals surface area contributed by atoms with Crippen LogP contribution in [0.5, 0.6) is 11.5 Å². The van der Waals surface area contributed by atoms with Gasteiger partial charge >= 0.3 is 0 Å². The molecule has 0 atom stereocenters. The molecule has 0 aliphatic heterocycles. The minimum Gasteiger partial charge on any atom is -0.452 e. The summed E-state index contributed by atoms with van der Waals surface area (Å²) in [6.45, 7) is 0. The normalized spacial score (nSPS) is 10.8. The van der Waals surface area contributed by atoms with Crippen LogP contribution in [0.15, 0.2) is 42.6 Å². The van der Waals surface area contributed by atoms with Crippen molar-refractivity contribution in [2.45, 2.75) is 0 Å². The van der Waals surface area contributed by atoms with Crippen LogP contribution in [-0.2, 0) is 0 Å². The molecule has 3 aromatic rings. The fraction of sp³-hybridized carbons (Fsp3) is 0. The van der Waals surface area contributed by atoms with Crippen LogP contribution in [0.25, 0.3) is 10.9 Å². The first-order chi connectivity index (χ1) is 10.1. The SMILES string of the molecule is Nc1cc(F)c(Oc2ccc(F)c(Cl)c2)c2ncccc12. The number of nitrogen functional groups attached to an aromatic ring is 1. The molecule has 0 fully saturated rings. The van der Waals surface area contributed by atoms with Gasteiger partial charge in [-0.1, -0.05) is 11.6 Å². The summed E-state index contributed by atoms with van der Waals surface area (Å²) in [4.78, 5) is 4.09. The van der Waals surface area contributed by atoms with Crippen LogP contribution in [-0.4, -0.2) is 4.98 Å². The summed E-state index contributed by atoms with van der Waals surface area (Å²) in [6.07, 6.45) is 1.51. The monoisotopic (exact) mass is 306 g/mol. The quantitative estimate of drug-likeness (QED) is 0.707. The predicted molar refractivity (Wildman–Crippen MR) is 77.6 cm³/mol. The number of hydrogen-bond acceptors (Lipinski definition) is 3. The highest BCUT2D eigenvalue weighted by Crippen LogP contribution is 2.35. The van der Waals surface area contributed by atoms with Crippen LogP contribution in [0.3, 0.4) is 0 Å². The number of pyridine rings is 1. The van der Waals surface area contributed by atoms with Gasteiger partial charge in [0.1, 0.15) is 17.1 Å². The Balaban J connectivity index is 2.14. The zero-order valence-electron chi connectivity index (χ0n) is 10.6. The molecule has 0 aliphatic carbocycles. The van der Waals surface area contributed by atoms with Crippen molar-refractivity contribution >= 4 is 28.2 Å². The Kier molecular flexibility index (Phi) is 3.35. The maximum absolute atomic E-state index is 14.1. The number of nitrogens with zero attached hydrogens (tertiary/aromatic N) is 1. The number of fused-ring (bicyclic) bond motifs is 1. The Morgan fingerprint density at radius 3 is 2.67 bits per heavy atom. The Morgan fingerprint density at radius 2 is 1.90 bits per heavy atom. The fourth-order valence-corrected chi connectivity index (χ4v) is 2.14. The number of benzene rings is 2. The van der Waals surface area contributed by atoms with Gasteiger partial charge < -0.3 is 10.5 Å². The van der Waals surface area contributed by atoms with Crippen molar-refractivity contribution in [1.29, 1.82) is 0 Å². The second kappa shape index (κ2) is 5.18. The molecule has 0 unspecified atom stereocenters. The molecule has 2 N–H and O–H groups in total. The van der Waals surface area contributed by atoms with Crippen LogP contribution in [0.2, 0.25) is 5.02 Å². The van der Waals surface area contributed by atoms with Gasteiger partial charge in [-0.05, 0) is 24.3 Å². The molecule has 0 radical (unpaired) electrons. The van der Waals surface area contributed by atoms with Crippen LogP contribution in [0.1, 0.15) is 0 Å². The maximum atomic E-state index is 14.1. The number of halogens is 3. The molecule has 0 aliphatic rings. The van der Waals surface area contributed by atoms with Crippen molar-refractivity contribution in [1.82, 2.24) is 4.98 Å². The Bertz CT molecular complexity index is 839. The molecular weight excluding hydrogens is 298 g/mol. The largest absolute Gasteiger partial charge is 0.452 e. The molecule has 3 rings (SSSR count). The van der Waals surface area contributed by atoms with Crippen LogP contribution in [0.4, 0.5) is 14.5 Å². The lowest BCUT2D eigenvalue weighted by molar-refractivity contribution is 0.446. The van der Waals surface area contributed by atoms with Crippen molar-refractivity contribution in [2.24, 2.45) is 0 Å². The third-order valence-electron chi connectivity index (χ3n) is 2.94. The standard InChI is InChI=1S/C15H9ClF2N2O/c16-10-6-8(3-4-11(10)17)21-15-12(18)7-13(19)9-2-1-5-20-14(9)15/h1-7H,19H2. The van der Waals surface area contributed by atoms with Crippen molar-refractivity contribution in [2.75, 3.05) is 5.73 Å². The van der Waals surface area contributed by atoms with E-state index in [1.165, 1.54) is 18.3 Å². The zero-order chi connectivity index (χ0) is 15.0. The van der Waals surface area contributed by atoms with Gasteiger partial charge in [-0.2, -0.15) is 0 Å². The number of rotatable bonds is 2. The molecule has 0 bridgehead atoms. The van der Waals surface area contributed by atoms with Crippen LogP contribution in [0, 0.1) is 11.6 Å². The maximum Gasteiger partial charge on any atom is 0.189 e. The second-order valence-corrected chi connectivity index (χ2v) is 4.76. The first-order valence-electron chi connectivity index (χ1n) is 6.02. The van der Waals surface area contributed by atoms with Gasteiger partial charge in [0.05, 0.1) is 5.02 Å². The lowest BCUT2D eigenvalue weighted by Gasteiger charge is -2.11. The number of nitrogens with two attached hydrogens (primary N) is 1. The van der Waals surface area contributed by atoms with E-state index in [0.29, 0.717) is 5.39 Å². The van der Waals surface area contributed by atoms with E-state index in [2.05, 4.69) is 4.98 Å². The minimum atomic E-state index is -0.654. The van der Waals surface area contributed by atoms with Gasteiger partial charge in [0.2, 0.25) is 0 Å². The van der Waals surface area contributed by atoms with Crippen molar-refractivity contribution in [3.63, 3.8) is 0 Å². The van der Waals surface area contributed by atoms with Crippen LogP contribution < -0.4 is 10.5 Å². The van der Waals surface area contributed by atoms with E-state index in [9.17, 15) is 8.78 Å². The molecule has 0 saturated carbocycles. The van der Waals surface area contributed by atoms with Gasteiger partial charge in [-0.25, -0.2) is 8.78 Å². The average Bonchev–Trinajstić information content (AvgIpc) is 2.47. The highest BCUT2D eigenvalue weighted by atomic mass is 35.5. The molecule has 0 spiro atoms. The van der Waals surface area contributed by atoms with Gasteiger partial charge in [0, 0.05) is 29.4 Å². The molecule has 3 nitrogen and oxygen atoms in total. The van der Waals surface area contributed by atoms with Gasteiger partial charge in [0.15, 0.2) is 11.6 Å². The predicted octanol–water partition coefficient (Wildman–Crippen LogP) is 4.54. The molecule has 106 valence electrons. The Morgan fingerprint density at radius 1 is 1.10 bits per heavy atom. The molecule has 0 saturated heterocycles. The summed E-state index contributed by atoms with van der Waals surface area (Å²) >= 11 is 5.68. The third-order valence-corrected chi connectivity index (χ3v) is 3.23. The minimum absolute atomic E-state index is 0.0810. The highest BCUT2D eigenvalue weighted by molar-refractivity contribution is 6.30. The van der Waals surface area contributed by atoms with E-state index in [1.807, 2.05) is 0 Å². The summed E-state index contributed by atoms with van der Waals surface area (Å²) in [7, 11) is 0.